The minimum Gasteiger partial charge on any atom is -0.467 e. The first kappa shape index (κ1) is 18.2. The Labute approximate surface area is 131 Å². The zero-order valence-electron chi connectivity index (χ0n) is 13.5. The van der Waals surface area contributed by atoms with Gasteiger partial charge in [0.25, 0.3) is 0 Å². The number of amides is 1. The van der Waals surface area contributed by atoms with E-state index in [-0.39, 0.29) is 12.3 Å². The van der Waals surface area contributed by atoms with E-state index in [2.05, 4.69) is 17.0 Å². The number of unbranched alkanes of at least 4 members (excludes halogenated alkanes) is 1. The van der Waals surface area contributed by atoms with E-state index in [9.17, 15) is 14.7 Å². The van der Waals surface area contributed by atoms with Crippen LogP contribution in [0.3, 0.4) is 0 Å². The Bertz CT molecular complexity index is 482. The van der Waals surface area contributed by atoms with Crippen LogP contribution in [0.2, 0.25) is 0 Å². The van der Waals surface area contributed by atoms with E-state index < -0.39 is 18.1 Å². The Balaban J connectivity index is 2.58. The summed E-state index contributed by atoms with van der Waals surface area (Å²) >= 11 is 0. The van der Waals surface area contributed by atoms with Crippen LogP contribution >= 0.6 is 0 Å². The van der Waals surface area contributed by atoms with E-state index in [1.54, 1.807) is 0 Å². The van der Waals surface area contributed by atoms with Gasteiger partial charge in [-0.05, 0) is 30.9 Å². The zero-order chi connectivity index (χ0) is 16.5. The second-order valence-corrected chi connectivity index (χ2v) is 5.41. The maximum absolute atomic E-state index is 12.0. The smallest absolute Gasteiger partial charge is 0.331 e. The van der Waals surface area contributed by atoms with Crippen molar-refractivity contribution in [3.05, 3.63) is 35.4 Å². The number of benzene rings is 1. The van der Waals surface area contributed by atoms with Gasteiger partial charge in [-0.15, -0.1) is 0 Å². The minimum absolute atomic E-state index is 0.161. The Hall–Kier alpha value is -1.88. The van der Waals surface area contributed by atoms with E-state index in [0.29, 0.717) is 0 Å². The van der Waals surface area contributed by atoms with E-state index in [0.717, 1.165) is 24.8 Å². The van der Waals surface area contributed by atoms with Crippen LogP contribution < -0.4 is 5.32 Å². The van der Waals surface area contributed by atoms with Gasteiger partial charge in [0, 0.05) is 0 Å². The summed E-state index contributed by atoms with van der Waals surface area (Å²) in [6.45, 7) is 3.59. The molecule has 0 spiro atoms. The molecule has 1 amide bonds. The van der Waals surface area contributed by atoms with Gasteiger partial charge in [0.05, 0.1) is 19.6 Å². The number of hydrogen-bond donors (Lipinski definition) is 2. The lowest BCUT2D eigenvalue weighted by Gasteiger charge is -2.18. The molecule has 0 aliphatic rings. The van der Waals surface area contributed by atoms with Gasteiger partial charge in [-0.25, -0.2) is 4.79 Å². The quantitative estimate of drug-likeness (QED) is 0.716. The van der Waals surface area contributed by atoms with Crippen LogP contribution in [0.15, 0.2) is 24.3 Å². The number of hydrogen-bond acceptors (Lipinski definition) is 4. The Morgan fingerprint density at radius 1 is 1.23 bits per heavy atom. The third-order valence-electron chi connectivity index (χ3n) is 3.46. The second-order valence-electron chi connectivity index (χ2n) is 5.41. The number of carbonyl (C=O) groups excluding carboxylic acids is 2. The van der Waals surface area contributed by atoms with Gasteiger partial charge >= 0.3 is 5.97 Å². The molecule has 0 fully saturated rings. The molecule has 0 aliphatic carbocycles. The standard InChI is InChI=1S/C17H25NO4/c1-4-5-6-13-7-9-14(10-8-13)11-15(20)18-16(12(2)19)17(21)22-3/h7-10,12,16,19H,4-6,11H2,1-3H3,(H,18,20). The summed E-state index contributed by atoms with van der Waals surface area (Å²) in [5.74, 6) is -0.976. The van der Waals surface area contributed by atoms with Crippen molar-refractivity contribution >= 4 is 11.9 Å². The van der Waals surface area contributed by atoms with Crippen LogP contribution in [0.25, 0.3) is 0 Å². The van der Waals surface area contributed by atoms with Crippen LogP contribution in [0.1, 0.15) is 37.8 Å². The Morgan fingerprint density at radius 3 is 2.32 bits per heavy atom. The lowest BCUT2D eigenvalue weighted by Crippen LogP contribution is -2.48. The van der Waals surface area contributed by atoms with Crippen molar-refractivity contribution in [3.63, 3.8) is 0 Å². The predicted molar refractivity (Wildman–Crippen MR) is 84.4 cm³/mol. The maximum Gasteiger partial charge on any atom is 0.331 e. The van der Waals surface area contributed by atoms with Crippen molar-refractivity contribution in [2.24, 2.45) is 0 Å². The van der Waals surface area contributed by atoms with Gasteiger partial charge in [-0.2, -0.15) is 0 Å². The molecule has 0 saturated carbocycles. The fourth-order valence-corrected chi connectivity index (χ4v) is 2.12. The van der Waals surface area contributed by atoms with Crippen LogP contribution in [-0.2, 0) is 27.2 Å². The molecule has 0 radical (unpaired) electrons. The number of carbonyl (C=O) groups is 2. The molecule has 0 aromatic heterocycles. The SMILES string of the molecule is CCCCc1ccc(CC(=O)NC(C(=O)OC)C(C)O)cc1. The fraction of sp³-hybridized carbons (Fsp3) is 0.529. The van der Waals surface area contributed by atoms with Crippen molar-refractivity contribution in [2.45, 2.75) is 51.7 Å². The van der Waals surface area contributed by atoms with Gasteiger partial charge in [-0.1, -0.05) is 37.6 Å². The molecule has 0 aliphatic heterocycles. The molecule has 1 aromatic carbocycles. The first-order chi connectivity index (χ1) is 10.5. The molecule has 2 atom stereocenters. The summed E-state index contributed by atoms with van der Waals surface area (Å²) < 4.78 is 4.56. The number of ether oxygens (including phenoxy) is 1. The first-order valence-corrected chi connectivity index (χ1v) is 7.61. The normalized spacial score (nSPS) is 13.3. The van der Waals surface area contributed by atoms with Crippen molar-refractivity contribution in [3.8, 4) is 0 Å². The largest absolute Gasteiger partial charge is 0.467 e. The van der Waals surface area contributed by atoms with E-state index >= 15 is 0 Å². The van der Waals surface area contributed by atoms with Gasteiger partial charge in [0.15, 0.2) is 6.04 Å². The molecule has 22 heavy (non-hydrogen) atoms. The zero-order valence-corrected chi connectivity index (χ0v) is 13.5. The van der Waals surface area contributed by atoms with Crippen LogP contribution in [0.5, 0.6) is 0 Å². The van der Waals surface area contributed by atoms with Gasteiger partial charge in [-0.3, -0.25) is 4.79 Å². The predicted octanol–water partition coefficient (Wildman–Crippen LogP) is 1.61. The van der Waals surface area contributed by atoms with Crippen LogP contribution in [-0.4, -0.2) is 36.2 Å². The summed E-state index contributed by atoms with van der Waals surface area (Å²) in [5, 5.41) is 12.0. The highest BCUT2D eigenvalue weighted by atomic mass is 16.5. The average Bonchev–Trinajstić information content (AvgIpc) is 2.51. The van der Waals surface area contributed by atoms with E-state index in [1.165, 1.54) is 19.6 Å². The molecule has 1 aromatic rings. The fourth-order valence-electron chi connectivity index (χ4n) is 2.12. The number of aliphatic hydroxyl groups is 1. The van der Waals surface area contributed by atoms with E-state index in [1.807, 2.05) is 24.3 Å². The highest BCUT2D eigenvalue weighted by Crippen LogP contribution is 2.09. The number of aryl methyl sites for hydroxylation is 1. The summed E-state index contributed by atoms with van der Waals surface area (Å²) in [6, 6.07) is 6.83. The van der Waals surface area contributed by atoms with Gasteiger partial charge < -0.3 is 15.2 Å². The number of aliphatic hydroxyl groups excluding tert-OH is 1. The molecular formula is C17H25NO4. The van der Waals surface area contributed by atoms with Crippen molar-refractivity contribution in [2.75, 3.05) is 7.11 Å². The molecule has 0 heterocycles. The van der Waals surface area contributed by atoms with Gasteiger partial charge in [0.2, 0.25) is 5.91 Å². The van der Waals surface area contributed by atoms with Crippen molar-refractivity contribution < 1.29 is 19.4 Å². The monoisotopic (exact) mass is 307 g/mol. The molecule has 1 rings (SSSR count). The molecule has 122 valence electrons. The summed E-state index contributed by atoms with van der Waals surface area (Å²) in [5.41, 5.74) is 2.12. The van der Waals surface area contributed by atoms with Crippen LogP contribution in [0.4, 0.5) is 0 Å². The number of esters is 1. The van der Waals surface area contributed by atoms with Crippen molar-refractivity contribution in [1.82, 2.24) is 5.32 Å². The Kier molecular flexibility index (Phi) is 7.60. The molecule has 5 nitrogen and oxygen atoms in total. The maximum atomic E-state index is 12.0. The average molecular weight is 307 g/mol. The third kappa shape index (κ3) is 5.85. The highest BCUT2D eigenvalue weighted by Gasteiger charge is 2.26. The first-order valence-electron chi connectivity index (χ1n) is 7.61. The highest BCUT2D eigenvalue weighted by molar-refractivity contribution is 5.86. The van der Waals surface area contributed by atoms with Crippen molar-refractivity contribution in [1.29, 1.82) is 0 Å². The third-order valence-corrected chi connectivity index (χ3v) is 3.46. The molecule has 5 heteroatoms. The van der Waals surface area contributed by atoms with Gasteiger partial charge in [0.1, 0.15) is 0 Å². The summed E-state index contributed by atoms with van der Waals surface area (Å²) in [7, 11) is 1.22. The molecule has 2 unspecified atom stereocenters. The van der Waals surface area contributed by atoms with E-state index in [4.69, 9.17) is 0 Å². The minimum atomic E-state index is -1.04. The number of nitrogens with one attached hydrogen (secondary N) is 1. The lowest BCUT2D eigenvalue weighted by atomic mass is 10.0. The second kappa shape index (κ2) is 9.20. The topological polar surface area (TPSA) is 75.6 Å². The summed E-state index contributed by atoms with van der Waals surface area (Å²) in [4.78, 5) is 23.5. The molecular weight excluding hydrogens is 282 g/mol. The molecule has 2 N–H and O–H groups in total. The summed E-state index contributed by atoms with van der Waals surface area (Å²) in [6.07, 6.45) is 2.49. The lowest BCUT2D eigenvalue weighted by molar-refractivity contribution is -0.148. The molecule has 0 saturated heterocycles. The molecule has 0 bridgehead atoms. The number of rotatable bonds is 8. The van der Waals surface area contributed by atoms with Crippen LogP contribution in [0, 0.1) is 0 Å². The number of methoxy groups -OCH3 is 1. The Morgan fingerprint density at radius 2 is 1.82 bits per heavy atom.